The fourth-order valence-electron chi connectivity index (χ4n) is 5.26. The van der Waals surface area contributed by atoms with Crippen molar-refractivity contribution >= 4 is 34.3 Å². The summed E-state index contributed by atoms with van der Waals surface area (Å²) < 4.78 is 1.80. The number of H-pyrrole nitrogens is 1. The van der Waals surface area contributed by atoms with Gasteiger partial charge in [0.2, 0.25) is 5.95 Å². The molecule has 0 radical (unpaired) electrons. The van der Waals surface area contributed by atoms with Gasteiger partial charge in [-0.2, -0.15) is 5.10 Å². The van der Waals surface area contributed by atoms with Crippen LogP contribution in [-0.4, -0.2) is 40.6 Å². The first-order valence-electron chi connectivity index (χ1n) is 12.9. The highest BCUT2D eigenvalue weighted by atomic mass is 16.2. The van der Waals surface area contributed by atoms with Gasteiger partial charge in [-0.25, -0.2) is 9.97 Å². The molecule has 196 valence electrons. The summed E-state index contributed by atoms with van der Waals surface area (Å²) in [5.74, 6) is 1.02. The van der Waals surface area contributed by atoms with Gasteiger partial charge in [-0.15, -0.1) is 0 Å². The lowest BCUT2D eigenvalue weighted by Crippen LogP contribution is -2.23. The van der Waals surface area contributed by atoms with Gasteiger partial charge in [0.15, 0.2) is 5.82 Å². The van der Waals surface area contributed by atoms with Gasteiger partial charge in [0.05, 0.1) is 23.4 Å². The van der Waals surface area contributed by atoms with Crippen molar-refractivity contribution in [3.8, 4) is 22.4 Å². The van der Waals surface area contributed by atoms with E-state index < -0.39 is 0 Å². The van der Waals surface area contributed by atoms with E-state index >= 15 is 0 Å². The molecule has 1 aromatic carbocycles. The van der Waals surface area contributed by atoms with E-state index in [1.165, 1.54) is 0 Å². The number of carbonyl (C=O) groups excluding carboxylic acids is 1. The lowest BCUT2D eigenvalue weighted by Gasteiger charge is -2.17. The van der Waals surface area contributed by atoms with Crippen LogP contribution in [-0.2, 0) is 13.6 Å². The number of rotatable bonds is 5. The van der Waals surface area contributed by atoms with Crippen molar-refractivity contribution in [3.63, 3.8) is 0 Å². The number of pyridine rings is 2. The minimum Gasteiger partial charge on any atom is -0.359 e. The summed E-state index contributed by atoms with van der Waals surface area (Å²) in [5.41, 5.74) is 8.72. The molecule has 0 atom stereocenters. The molecule has 10 nitrogen and oxygen atoms in total. The zero-order valence-electron chi connectivity index (χ0n) is 22.2. The van der Waals surface area contributed by atoms with Gasteiger partial charge in [0.25, 0.3) is 5.91 Å². The summed E-state index contributed by atoms with van der Waals surface area (Å²) in [7, 11) is 1.89. The number of anilines is 3. The third kappa shape index (κ3) is 3.80. The Morgan fingerprint density at radius 1 is 0.975 bits per heavy atom. The van der Waals surface area contributed by atoms with Crippen LogP contribution in [0.4, 0.5) is 17.5 Å². The molecule has 5 aromatic heterocycles. The molecule has 0 fully saturated rings. The monoisotopic (exact) mass is 527 g/mol. The second-order valence-electron chi connectivity index (χ2n) is 9.86. The van der Waals surface area contributed by atoms with Gasteiger partial charge in [-0.3, -0.25) is 19.4 Å². The fraction of sp³-hybridized carbons (Fsp3) is 0.133. The van der Waals surface area contributed by atoms with Crippen molar-refractivity contribution in [1.82, 2.24) is 34.7 Å². The van der Waals surface area contributed by atoms with E-state index in [1.54, 1.807) is 34.4 Å². The molecular formula is C30H25N9O. The molecule has 1 amide bonds. The Hall–Kier alpha value is -5.38. The van der Waals surface area contributed by atoms with Crippen LogP contribution in [0, 0.1) is 13.8 Å². The van der Waals surface area contributed by atoms with Crippen molar-refractivity contribution in [2.45, 2.75) is 20.4 Å². The lowest BCUT2D eigenvalue weighted by atomic mass is 10.0. The van der Waals surface area contributed by atoms with Gasteiger partial charge in [0.1, 0.15) is 5.69 Å². The smallest absolute Gasteiger partial charge is 0.277 e. The number of aromatic nitrogens is 7. The Kier molecular flexibility index (Phi) is 5.41. The van der Waals surface area contributed by atoms with E-state index in [4.69, 9.17) is 4.98 Å². The molecular weight excluding hydrogens is 502 g/mol. The highest BCUT2D eigenvalue weighted by Crippen LogP contribution is 2.39. The van der Waals surface area contributed by atoms with Crippen molar-refractivity contribution in [3.05, 3.63) is 96.0 Å². The molecule has 1 aliphatic heterocycles. The Morgan fingerprint density at radius 3 is 2.62 bits per heavy atom. The number of hydrogen-bond acceptors (Lipinski definition) is 7. The predicted octanol–water partition coefficient (Wildman–Crippen LogP) is 5.34. The van der Waals surface area contributed by atoms with Crippen LogP contribution in [0.25, 0.3) is 33.3 Å². The Balaban J connectivity index is 1.26. The summed E-state index contributed by atoms with van der Waals surface area (Å²) in [5, 5.41) is 8.62. The molecule has 0 saturated heterocycles. The molecule has 6 aromatic rings. The Morgan fingerprint density at radius 2 is 1.82 bits per heavy atom. The first-order valence-corrected chi connectivity index (χ1v) is 12.9. The summed E-state index contributed by atoms with van der Waals surface area (Å²) in [6.07, 6.45) is 8.94. The highest BCUT2D eigenvalue weighted by molar-refractivity contribution is 6.14. The third-order valence-electron chi connectivity index (χ3n) is 7.38. The number of carbonyl (C=O) groups is 1. The van der Waals surface area contributed by atoms with Crippen LogP contribution in [0.5, 0.6) is 0 Å². The fourth-order valence-corrected chi connectivity index (χ4v) is 5.26. The summed E-state index contributed by atoms with van der Waals surface area (Å²) in [6.45, 7) is 4.40. The molecule has 7 rings (SSSR count). The molecule has 6 heterocycles. The second-order valence-corrected chi connectivity index (χ2v) is 9.86. The number of benzene rings is 1. The van der Waals surface area contributed by atoms with Gasteiger partial charge in [-0.1, -0.05) is 12.1 Å². The zero-order valence-corrected chi connectivity index (χ0v) is 22.2. The van der Waals surface area contributed by atoms with Crippen LogP contribution in [0.3, 0.4) is 0 Å². The Bertz CT molecular complexity index is 1900. The third-order valence-corrected chi connectivity index (χ3v) is 7.38. The molecule has 40 heavy (non-hydrogen) atoms. The molecule has 2 N–H and O–H groups in total. The molecule has 0 unspecified atom stereocenters. The van der Waals surface area contributed by atoms with Crippen LogP contribution in [0.2, 0.25) is 0 Å². The largest absolute Gasteiger partial charge is 0.359 e. The predicted molar refractivity (Wildman–Crippen MR) is 153 cm³/mol. The average Bonchev–Trinajstić information content (AvgIpc) is 3.65. The molecule has 0 spiro atoms. The first-order chi connectivity index (χ1) is 19.5. The number of aryl methyl sites for hydroxylation is 3. The standard InChI is InChI=1S/C30H25N9O/c1-17-14-34-30(35-25-13-18(2)38(3)37-25)36-26(17)22-15-33-27-21(22)5-4-6-24(27)39-16-23-20(19-7-10-31-11-8-19)9-12-32-28(23)29(39)40/h4-15,33H,16H2,1-3H3,(H,34,35,36,37). The van der Waals surface area contributed by atoms with Crippen LogP contribution in [0.1, 0.15) is 27.3 Å². The SMILES string of the molecule is Cc1cnc(Nc2cc(C)n(C)n2)nc1-c1c[nH]c2c(N3Cc4c(-c5ccncc5)ccnc4C3=O)cccc12. The molecule has 1 aliphatic rings. The summed E-state index contributed by atoms with van der Waals surface area (Å²) >= 11 is 0. The van der Waals surface area contributed by atoms with Gasteiger partial charge >= 0.3 is 0 Å². The number of fused-ring (bicyclic) bond motifs is 2. The van der Waals surface area contributed by atoms with E-state index in [0.717, 1.165) is 55.8 Å². The molecule has 0 bridgehead atoms. The van der Waals surface area contributed by atoms with E-state index in [-0.39, 0.29) is 5.91 Å². The first kappa shape index (κ1) is 23.7. The van der Waals surface area contributed by atoms with E-state index in [1.807, 2.05) is 69.6 Å². The number of nitrogens with one attached hydrogen (secondary N) is 2. The topological polar surface area (TPSA) is 118 Å². The molecule has 0 aliphatic carbocycles. The van der Waals surface area contributed by atoms with Crippen LogP contribution >= 0.6 is 0 Å². The average molecular weight is 528 g/mol. The maximum atomic E-state index is 13.6. The van der Waals surface area contributed by atoms with Crippen LogP contribution < -0.4 is 10.2 Å². The van der Waals surface area contributed by atoms with Crippen LogP contribution in [0.15, 0.2) is 73.4 Å². The van der Waals surface area contributed by atoms with Crippen molar-refractivity contribution < 1.29 is 4.79 Å². The van der Waals surface area contributed by atoms with Crippen molar-refractivity contribution in [2.75, 3.05) is 10.2 Å². The van der Waals surface area contributed by atoms with E-state index in [2.05, 4.69) is 30.4 Å². The minimum atomic E-state index is -0.120. The second kappa shape index (κ2) is 9.12. The lowest BCUT2D eigenvalue weighted by molar-refractivity contribution is 0.0992. The molecule has 10 heteroatoms. The highest BCUT2D eigenvalue weighted by Gasteiger charge is 2.33. The maximum Gasteiger partial charge on any atom is 0.277 e. The van der Waals surface area contributed by atoms with Gasteiger partial charge < -0.3 is 15.2 Å². The number of nitrogens with zero attached hydrogens (tertiary/aromatic N) is 7. The van der Waals surface area contributed by atoms with Gasteiger partial charge in [-0.05, 0) is 54.8 Å². The molecule has 0 saturated carbocycles. The number of aromatic amines is 1. The normalized spacial score (nSPS) is 12.8. The van der Waals surface area contributed by atoms with Crippen molar-refractivity contribution in [2.24, 2.45) is 7.05 Å². The van der Waals surface area contributed by atoms with Crippen molar-refractivity contribution in [1.29, 1.82) is 0 Å². The van der Waals surface area contributed by atoms with E-state index in [0.29, 0.717) is 24.0 Å². The minimum absolute atomic E-state index is 0.120. The van der Waals surface area contributed by atoms with E-state index in [9.17, 15) is 4.79 Å². The zero-order chi connectivity index (χ0) is 27.4. The Labute approximate surface area is 229 Å². The van der Waals surface area contributed by atoms with Gasteiger partial charge in [0, 0.05) is 66.3 Å². The summed E-state index contributed by atoms with van der Waals surface area (Å²) in [6, 6.07) is 13.8. The quantitative estimate of drug-likeness (QED) is 0.311. The maximum absolute atomic E-state index is 13.6. The summed E-state index contributed by atoms with van der Waals surface area (Å²) in [4.78, 5) is 36.7. The number of para-hydroxylation sites is 1. The number of amides is 1. The number of hydrogen-bond donors (Lipinski definition) is 2.